The summed E-state index contributed by atoms with van der Waals surface area (Å²) >= 11 is 0. The van der Waals surface area contributed by atoms with Gasteiger partial charge < -0.3 is 19.8 Å². The average Bonchev–Trinajstić information content (AvgIpc) is 3.51. The molecule has 0 aliphatic carbocycles. The second-order valence-corrected chi connectivity index (χ2v) is 12.4. The summed E-state index contributed by atoms with van der Waals surface area (Å²) in [6, 6.07) is 4.06. The van der Waals surface area contributed by atoms with E-state index in [1.54, 1.807) is 19.1 Å². The first-order valence-electron chi connectivity index (χ1n) is 11.1. The maximum Gasteiger partial charge on any atom is 0.317 e. The van der Waals surface area contributed by atoms with Gasteiger partial charge in [-0.1, -0.05) is 0 Å². The molecule has 8 nitrogen and oxygen atoms in total. The van der Waals surface area contributed by atoms with E-state index >= 15 is 0 Å². The summed E-state index contributed by atoms with van der Waals surface area (Å²) in [4.78, 5) is 22.9. The Balaban J connectivity index is 1.63. The number of hydrogen-bond acceptors (Lipinski definition) is 4. The molecule has 3 aromatic rings. The Hall–Kier alpha value is -2.86. The Morgan fingerprint density at radius 2 is 2.19 bits per heavy atom. The Kier molecular flexibility index (Phi) is 5.01. The minimum absolute atomic E-state index is 0.0421. The molecule has 2 unspecified atom stereocenters. The van der Waals surface area contributed by atoms with Crippen LogP contribution in [0.15, 0.2) is 36.5 Å². The van der Waals surface area contributed by atoms with Crippen LogP contribution in [0, 0.1) is 0 Å². The lowest BCUT2D eigenvalue weighted by Crippen LogP contribution is -2.42. The number of nitrogens with one attached hydrogen (secondary N) is 2. The number of pyridine rings is 1. The van der Waals surface area contributed by atoms with Gasteiger partial charge in [0.05, 0.1) is 6.04 Å². The quantitative estimate of drug-likeness (QED) is 0.581. The van der Waals surface area contributed by atoms with Crippen molar-refractivity contribution in [3.05, 3.63) is 53.4 Å². The van der Waals surface area contributed by atoms with Gasteiger partial charge in [-0.25, -0.2) is 9.78 Å². The number of aryl methyl sites for hydroxylation is 1. The van der Waals surface area contributed by atoms with Crippen molar-refractivity contribution in [1.82, 2.24) is 30.0 Å². The number of urea groups is 1. The van der Waals surface area contributed by atoms with Crippen LogP contribution in [-0.2, 0) is 16.5 Å². The molecule has 1 fully saturated rings. The van der Waals surface area contributed by atoms with Crippen LogP contribution in [0.1, 0.15) is 42.6 Å². The van der Waals surface area contributed by atoms with Crippen molar-refractivity contribution in [1.29, 1.82) is 0 Å². The van der Waals surface area contributed by atoms with E-state index in [9.17, 15) is 9.36 Å². The molecule has 168 valence electrons. The highest BCUT2D eigenvalue weighted by molar-refractivity contribution is 7.65. The summed E-state index contributed by atoms with van der Waals surface area (Å²) in [6.07, 6.45) is 9.38. The molecule has 0 saturated carbocycles. The van der Waals surface area contributed by atoms with Gasteiger partial charge in [0, 0.05) is 60.3 Å². The highest BCUT2D eigenvalue weighted by atomic mass is 31.2. The van der Waals surface area contributed by atoms with Gasteiger partial charge in [0.15, 0.2) is 0 Å². The van der Waals surface area contributed by atoms with Gasteiger partial charge in [0.2, 0.25) is 0 Å². The molecule has 2 aliphatic rings. The lowest BCUT2D eigenvalue weighted by molar-refractivity contribution is 0.179. The van der Waals surface area contributed by atoms with Crippen LogP contribution < -0.4 is 5.32 Å². The third-order valence-corrected chi connectivity index (χ3v) is 7.60. The molecule has 2 atom stereocenters. The topological polar surface area (TPSA) is 95.9 Å². The van der Waals surface area contributed by atoms with Crippen molar-refractivity contribution in [3.63, 3.8) is 0 Å². The van der Waals surface area contributed by atoms with E-state index in [-0.39, 0.29) is 17.5 Å². The number of aromatic nitrogens is 4. The van der Waals surface area contributed by atoms with Gasteiger partial charge in [-0.3, -0.25) is 4.68 Å². The van der Waals surface area contributed by atoms with Gasteiger partial charge in [0.25, 0.3) is 0 Å². The number of amides is 2. The molecule has 3 aromatic heterocycles. The summed E-state index contributed by atoms with van der Waals surface area (Å²) in [7, 11) is -2.29. The SMILES string of the molecule is CCNC(=O)N1CCC2(CCn3nccc32)C1c1cnc2[nH]cc(/C=C/P(C)(C)=O)c2c1. The van der Waals surface area contributed by atoms with Crippen molar-refractivity contribution < 1.29 is 9.36 Å². The summed E-state index contributed by atoms with van der Waals surface area (Å²) in [5.41, 5.74) is 3.77. The van der Waals surface area contributed by atoms with Gasteiger partial charge in [0.1, 0.15) is 12.8 Å². The van der Waals surface area contributed by atoms with E-state index in [1.807, 2.05) is 36.5 Å². The predicted octanol–water partition coefficient (Wildman–Crippen LogP) is 4.17. The molecule has 0 radical (unpaired) electrons. The number of rotatable bonds is 4. The standard InChI is InChI=1S/C23H29N6O2P/c1-4-24-22(30)28-10-7-23(8-11-29-19(23)5-9-27-29)20(28)17-13-18-16(6-12-32(2,3)31)14-25-21(18)26-15-17/h5-6,9,12-15,20H,4,7-8,10-11H2,1-3H3,(H,24,30)(H,25,26)/b12-6+. The zero-order valence-electron chi connectivity index (χ0n) is 18.7. The van der Waals surface area contributed by atoms with E-state index in [0.717, 1.165) is 41.5 Å². The zero-order chi connectivity index (χ0) is 22.5. The van der Waals surface area contributed by atoms with Gasteiger partial charge in [-0.2, -0.15) is 5.10 Å². The molecule has 5 rings (SSSR count). The number of nitrogens with zero attached hydrogens (tertiary/aromatic N) is 4. The number of carbonyl (C=O) groups is 1. The van der Waals surface area contributed by atoms with Crippen LogP contribution >= 0.6 is 7.14 Å². The first-order chi connectivity index (χ1) is 15.3. The molecule has 2 amide bonds. The molecule has 9 heteroatoms. The highest BCUT2D eigenvalue weighted by Crippen LogP contribution is 2.54. The van der Waals surface area contributed by atoms with Crippen LogP contribution in [0.4, 0.5) is 4.79 Å². The summed E-state index contributed by atoms with van der Waals surface area (Å²) in [5, 5.41) is 8.45. The average molecular weight is 452 g/mol. The maximum absolute atomic E-state index is 13.0. The molecule has 2 aliphatic heterocycles. The van der Waals surface area contributed by atoms with E-state index in [1.165, 1.54) is 5.69 Å². The van der Waals surface area contributed by atoms with Crippen molar-refractivity contribution in [2.75, 3.05) is 26.4 Å². The number of aromatic amines is 1. The van der Waals surface area contributed by atoms with Crippen LogP contribution in [0.25, 0.3) is 17.1 Å². The normalized spacial score (nSPS) is 23.0. The highest BCUT2D eigenvalue weighted by Gasteiger charge is 2.54. The minimum atomic E-state index is -2.29. The fourth-order valence-corrected chi connectivity index (χ4v) is 5.86. The van der Waals surface area contributed by atoms with Crippen LogP contribution in [0.5, 0.6) is 0 Å². The number of H-pyrrole nitrogens is 1. The van der Waals surface area contributed by atoms with Crippen molar-refractivity contribution >= 4 is 30.3 Å². The fraction of sp³-hybridized carbons (Fsp3) is 0.435. The molecule has 1 spiro atoms. The third kappa shape index (κ3) is 3.37. The lowest BCUT2D eigenvalue weighted by atomic mass is 9.74. The van der Waals surface area contributed by atoms with Crippen molar-refractivity contribution in [2.24, 2.45) is 0 Å². The molecule has 32 heavy (non-hydrogen) atoms. The fourth-order valence-electron chi connectivity index (χ4n) is 5.34. The zero-order valence-corrected chi connectivity index (χ0v) is 19.6. The number of carbonyl (C=O) groups excluding carboxylic acids is 1. The van der Waals surface area contributed by atoms with E-state index in [2.05, 4.69) is 37.2 Å². The maximum atomic E-state index is 13.0. The van der Waals surface area contributed by atoms with Crippen LogP contribution in [-0.4, -0.2) is 57.1 Å². The second-order valence-electron chi connectivity index (χ2n) is 9.19. The number of fused-ring (bicyclic) bond motifs is 3. The number of hydrogen-bond donors (Lipinski definition) is 2. The predicted molar refractivity (Wildman–Crippen MR) is 126 cm³/mol. The number of likely N-dealkylation sites (tertiary alicyclic amines) is 1. The summed E-state index contributed by atoms with van der Waals surface area (Å²) in [6.45, 7) is 7.57. The van der Waals surface area contributed by atoms with E-state index in [4.69, 9.17) is 0 Å². The first kappa shape index (κ1) is 21.0. The van der Waals surface area contributed by atoms with Gasteiger partial charge in [-0.15, -0.1) is 0 Å². The lowest BCUT2D eigenvalue weighted by Gasteiger charge is -2.35. The summed E-state index contributed by atoms with van der Waals surface area (Å²) in [5.74, 6) is 1.77. The Morgan fingerprint density at radius 3 is 2.97 bits per heavy atom. The van der Waals surface area contributed by atoms with Gasteiger partial charge in [-0.05, 0) is 62.7 Å². The largest absolute Gasteiger partial charge is 0.346 e. The molecule has 2 N–H and O–H groups in total. The molecular formula is C23H29N6O2P. The third-order valence-electron chi connectivity index (χ3n) is 6.73. The van der Waals surface area contributed by atoms with E-state index in [0.29, 0.717) is 13.1 Å². The second kappa shape index (κ2) is 7.62. The minimum Gasteiger partial charge on any atom is -0.346 e. The molecule has 0 bridgehead atoms. The summed E-state index contributed by atoms with van der Waals surface area (Å²) < 4.78 is 14.3. The molecular weight excluding hydrogens is 423 g/mol. The molecule has 1 saturated heterocycles. The smallest absolute Gasteiger partial charge is 0.317 e. The molecule has 0 aromatic carbocycles. The molecule has 5 heterocycles. The van der Waals surface area contributed by atoms with Crippen molar-refractivity contribution in [2.45, 2.75) is 37.8 Å². The monoisotopic (exact) mass is 452 g/mol. The Bertz CT molecular complexity index is 1250. The van der Waals surface area contributed by atoms with Crippen molar-refractivity contribution in [3.8, 4) is 0 Å². The van der Waals surface area contributed by atoms with Gasteiger partial charge >= 0.3 is 6.03 Å². The van der Waals surface area contributed by atoms with Crippen LogP contribution in [0.3, 0.4) is 0 Å². The first-order valence-corrected chi connectivity index (χ1v) is 13.8. The Labute approximate surface area is 187 Å². The van der Waals surface area contributed by atoms with Crippen LogP contribution in [0.2, 0.25) is 0 Å². The van der Waals surface area contributed by atoms with E-state index < -0.39 is 7.14 Å². The Morgan fingerprint density at radius 1 is 1.38 bits per heavy atom.